The van der Waals surface area contributed by atoms with Gasteiger partial charge in [-0.3, -0.25) is 9.59 Å². The summed E-state index contributed by atoms with van der Waals surface area (Å²) in [6.45, 7) is 2.07. The SMILES string of the molecule is CC(=O)Nc1ccc(NC(=O)c2ccc(NCc3ccc(Cl)cc3)cn2)cc1. The van der Waals surface area contributed by atoms with Crippen LogP contribution in [0.15, 0.2) is 66.9 Å². The molecule has 1 aromatic heterocycles. The zero-order valence-corrected chi connectivity index (χ0v) is 16.0. The van der Waals surface area contributed by atoms with Crippen molar-refractivity contribution in [3.05, 3.63) is 83.1 Å². The summed E-state index contributed by atoms with van der Waals surface area (Å²) in [4.78, 5) is 27.6. The normalized spacial score (nSPS) is 10.2. The van der Waals surface area contributed by atoms with Crippen LogP contribution in [0.2, 0.25) is 5.02 Å². The van der Waals surface area contributed by atoms with Crippen molar-refractivity contribution in [1.29, 1.82) is 0 Å². The molecule has 7 heteroatoms. The summed E-state index contributed by atoms with van der Waals surface area (Å²) in [5, 5.41) is 9.39. The second kappa shape index (κ2) is 9.01. The van der Waals surface area contributed by atoms with E-state index in [0.717, 1.165) is 11.3 Å². The lowest BCUT2D eigenvalue weighted by Gasteiger charge is -2.09. The maximum atomic E-state index is 12.3. The molecule has 0 saturated carbocycles. The minimum atomic E-state index is -0.309. The highest BCUT2D eigenvalue weighted by Crippen LogP contribution is 2.15. The number of carbonyl (C=O) groups excluding carboxylic acids is 2. The fourth-order valence-electron chi connectivity index (χ4n) is 2.47. The Labute approximate surface area is 168 Å². The summed E-state index contributed by atoms with van der Waals surface area (Å²) in [7, 11) is 0. The van der Waals surface area contributed by atoms with Crippen LogP contribution in [0.3, 0.4) is 0 Å². The Morgan fingerprint density at radius 2 is 1.46 bits per heavy atom. The fourth-order valence-corrected chi connectivity index (χ4v) is 2.60. The van der Waals surface area contributed by atoms with E-state index in [1.165, 1.54) is 6.92 Å². The van der Waals surface area contributed by atoms with Crippen molar-refractivity contribution in [2.45, 2.75) is 13.5 Å². The molecule has 0 unspecified atom stereocenters. The van der Waals surface area contributed by atoms with Gasteiger partial charge in [-0.1, -0.05) is 23.7 Å². The van der Waals surface area contributed by atoms with Gasteiger partial charge in [0.1, 0.15) is 5.69 Å². The van der Waals surface area contributed by atoms with E-state index >= 15 is 0 Å². The zero-order valence-electron chi connectivity index (χ0n) is 15.2. The van der Waals surface area contributed by atoms with E-state index in [0.29, 0.717) is 28.6 Å². The first kappa shape index (κ1) is 19.4. The summed E-state index contributed by atoms with van der Waals surface area (Å²) in [5.74, 6) is -0.456. The smallest absolute Gasteiger partial charge is 0.274 e. The quantitative estimate of drug-likeness (QED) is 0.572. The van der Waals surface area contributed by atoms with Gasteiger partial charge in [0.2, 0.25) is 5.91 Å². The molecule has 142 valence electrons. The van der Waals surface area contributed by atoms with E-state index in [1.54, 1.807) is 42.6 Å². The number of rotatable bonds is 6. The molecule has 0 aliphatic carbocycles. The molecule has 6 nitrogen and oxygen atoms in total. The molecule has 0 bridgehead atoms. The Bertz CT molecular complexity index is 955. The predicted octanol–water partition coefficient (Wildman–Crippen LogP) is 4.56. The van der Waals surface area contributed by atoms with E-state index in [1.807, 2.05) is 24.3 Å². The van der Waals surface area contributed by atoms with E-state index in [4.69, 9.17) is 11.6 Å². The van der Waals surface area contributed by atoms with Crippen molar-refractivity contribution in [3.8, 4) is 0 Å². The Hall–Kier alpha value is -3.38. The van der Waals surface area contributed by atoms with Crippen molar-refractivity contribution < 1.29 is 9.59 Å². The molecule has 0 radical (unpaired) electrons. The van der Waals surface area contributed by atoms with Crippen LogP contribution in [0, 0.1) is 0 Å². The molecule has 3 rings (SSSR count). The van der Waals surface area contributed by atoms with Gasteiger partial charge in [-0.15, -0.1) is 0 Å². The van der Waals surface area contributed by atoms with E-state index < -0.39 is 0 Å². The van der Waals surface area contributed by atoms with Crippen LogP contribution in [-0.2, 0) is 11.3 Å². The number of pyridine rings is 1. The molecular weight excluding hydrogens is 376 g/mol. The van der Waals surface area contributed by atoms with Crippen LogP contribution in [0.5, 0.6) is 0 Å². The van der Waals surface area contributed by atoms with Gasteiger partial charge in [0.05, 0.1) is 11.9 Å². The number of anilines is 3. The third kappa shape index (κ3) is 5.56. The lowest BCUT2D eigenvalue weighted by molar-refractivity contribution is -0.114. The monoisotopic (exact) mass is 394 g/mol. The number of nitrogens with zero attached hydrogens (tertiary/aromatic N) is 1. The molecule has 1 heterocycles. The van der Waals surface area contributed by atoms with Crippen molar-refractivity contribution in [1.82, 2.24) is 4.98 Å². The average molecular weight is 395 g/mol. The number of benzene rings is 2. The van der Waals surface area contributed by atoms with Gasteiger partial charge in [0, 0.05) is 29.9 Å². The first-order valence-corrected chi connectivity index (χ1v) is 9.01. The van der Waals surface area contributed by atoms with E-state index in [-0.39, 0.29) is 11.8 Å². The third-order valence-corrected chi connectivity index (χ3v) is 4.12. The van der Waals surface area contributed by atoms with E-state index in [9.17, 15) is 9.59 Å². The second-order valence-corrected chi connectivity index (χ2v) is 6.56. The molecule has 0 saturated heterocycles. The lowest BCUT2D eigenvalue weighted by atomic mass is 10.2. The Morgan fingerprint density at radius 1 is 0.857 bits per heavy atom. The number of amides is 2. The van der Waals surface area contributed by atoms with Crippen molar-refractivity contribution in [2.75, 3.05) is 16.0 Å². The van der Waals surface area contributed by atoms with Gasteiger partial charge >= 0.3 is 0 Å². The first-order valence-electron chi connectivity index (χ1n) is 8.63. The Kier molecular flexibility index (Phi) is 6.24. The van der Waals surface area contributed by atoms with Gasteiger partial charge < -0.3 is 16.0 Å². The molecular formula is C21H19ClN4O2. The molecule has 0 spiro atoms. The highest BCUT2D eigenvalue weighted by atomic mass is 35.5. The van der Waals surface area contributed by atoms with Crippen LogP contribution < -0.4 is 16.0 Å². The number of hydrogen-bond donors (Lipinski definition) is 3. The maximum absolute atomic E-state index is 12.3. The second-order valence-electron chi connectivity index (χ2n) is 6.12. The number of carbonyl (C=O) groups is 2. The number of halogens is 1. The van der Waals surface area contributed by atoms with Crippen LogP contribution in [0.1, 0.15) is 23.0 Å². The summed E-state index contributed by atoms with van der Waals surface area (Å²) in [5.41, 5.74) is 3.49. The molecule has 3 N–H and O–H groups in total. The van der Waals surface area contributed by atoms with Crippen molar-refractivity contribution in [3.63, 3.8) is 0 Å². The Morgan fingerprint density at radius 3 is 2.04 bits per heavy atom. The van der Waals surface area contributed by atoms with Crippen molar-refractivity contribution >= 4 is 40.5 Å². The third-order valence-electron chi connectivity index (χ3n) is 3.87. The molecule has 3 aromatic rings. The van der Waals surface area contributed by atoms with Crippen LogP contribution in [0.25, 0.3) is 0 Å². The minimum absolute atomic E-state index is 0.147. The van der Waals surface area contributed by atoms with E-state index in [2.05, 4.69) is 20.9 Å². The average Bonchev–Trinajstić information content (AvgIpc) is 2.69. The van der Waals surface area contributed by atoms with Crippen LogP contribution in [-0.4, -0.2) is 16.8 Å². The summed E-state index contributed by atoms with van der Waals surface area (Å²) in [6, 6.07) is 17.9. The molecule has 2 amide bonds. The van der Waals surface area contributed by atoms with Gasteiger partial charge in [-0.25, -0.2) is 4.98 Å². The highest BCUT2D eigenvalue weighted by molar-refractivity contribution is 6.30. The predicted molar refractivity (Wildman–Crippen MR) is 112 cm³/mol. The molecule has 0 fully saturated rings. The fraction of sp³-hybridized carbons (Fsp3) is 0.0952. The first-order chi connectivity index (χ1) is 13.5. The topological polar surface area (TPSA) is 83.1 Å². The van der Waals surface area contributed by atoms with Gasteiger partial charge in [-0.2, -0.15) is 0 Å². The van der Waals surface area contributed by atoms with Crippen molar-refractivity contribution in [2.24, 2.45) is 0 Å². The number of aromatic nitrogens is 1. The largest absolute Gasteiger partial charge is 0.380 e. The minimum Gasteiger partial charge on any atom is -0.380 e. The Balaban J connectivity index is 1.55. The van der Waals surface area contributed by atoms with Crippen LogP contribution in [0.4, 0.5) is 17.1 Å². The van der Waals surface area contributed by atoms with Gasteiger partial charge in [0.25, 0.3) is 5.91 Å². The summed E-state index contributed by atoms with van der Waals surface area (Å²) in [6.07, 6.45) is 1.62. The summed E-state index contributed by atoms with van der Waals surface area (Å²) >= 11 is 5.88. The molecule has 0 atom stereocenters. The zero-order chi connectivity index (χ0) is 19.9. The standard InChI is InChI=1S/C21H19ClN4O2/c1-14(27)25-17-6-8-18(9-7-17)26-21(28)20-11-10-19(13-24-20)23-12-15-2-4-16(22)5-3-15/h2-11,13,23H,12H2,1H3,(H,25,27)(H,26,28). The maximum Gasteiger partial charge on any atom is 0.274 e. The lowest BCUT2D eigenvalue weighted by Crippen LogP contribution is -2.14. The highest BCUT2D eigenvalue weighted by Gasteiger charge is 2.08. The molecule has 2 aromatic carbocycles. The molecule has 28 heavy (non-hydrogen) atoms. The summed E-state index contributed by atoms with van der Waals surface area (Å²) < 4.78 is 0. The van der Waals surface area contributed by atoms with Gasteiger partial charge in [-0.05, 0) is 54.1 Å². The molecule has 0 aliphatic heterocycles. The van der Waals surface area contributed by atoms with Crippen LogP contribution >= 0.6 is 11.6 Å². The van der Waals surface area contributed by atoms with Gasteiger partial charge in [0.15, 0.2) is 0 Å². The number of nitrogens with one attached hydrogen (secondary N) is 3. The number of hydrogen-bond acceptors (Lipinski definition) is 4. The molecule has 0 aliphatic rings.